The maximum atomic E-state index is 12.3. The van der Waals surface area contributed by atoms with Crippen molar-refractivity contribution in [2.24, 2.45) is 0 Å². The van der Waals surface area contributed by atoms with E-state index in [2.05, 4.69) is 20.6 Å². The summed E-state index contributed by atoms with van der Waals surface area (Å²) in [5.74, 6) is -0.553. The minimum absolute atomic E-state index is 0.263. The Balaban J connectivity index is 1.64. The zero-order chi connectivity index (χ0) is 18.4. The zero-order valence-corrected chi connectivity index (χ0v) is 14.8. The Morgan fingerprint density at radius 3 is 2.62 bits per heavy atom. The van der Waals surface area contributed by atoms with Crippen LogP contribution in [0, 0.1) is 6.92 Å². The Morgan fingerprint density at radius 1 is 1.08 bits per heavy atom. The van der Waals surface area contributed by atoms with Crippen molar-refractivity contribution in [3.63, 3.8) is 0 Å². The molecule has 6 nitrogen and oxygen atoms in total. The zero-order valence-electron chi connectivity index (χ0n) is 14.0. The summed E-state index contributed by atoms with van der Waals surface area (Å²) in [7, 11) is 0. The molecule has 7 heteroatoms. The van der Waals surface area contributed by atoms with E-state index in [1.165, 1.54) is 17.4 Å². The van der Waals surface area contributed by atoms with Crippen LogP contribution in [-0.4, -0.2) is 21.8 Å². The average Bonchev–Trinajstić information content (AvgIpc) is 3.06. The van der Waals surface area contributed by atoms with Crippen LogP contribution in [0.5, 0.6) is 0 Å². The molecule has 130 valence electrons. The molecule has 2 heterocycles. The number of hydrogen-bond acceptors (Lipinski definition) is 5. The summed E-state index contributed by atoms with van der Waals surface area (Å²) in [5, 5.41) is 8.33. The third kappa shape index (κ3) is 4.84. The summed E-state index contributed by atoms with van der Waals surface area (Å²) >= 11 is 1.52. The Labute approximate surface area is 154 Å². The van der Waals surface area contributed by atoms with E-state index in [9.17, 15) is 9.59 Å². The molecule has 0 fully saturated rings. The van der Waals surface area contributed by atoms with Crippen LogP contribution in [0.4, 0.5) is 11.4 Å². The number of nitrogens with zero attached hydrogens (tertiary/aromatic N) is 2. The van der Waals surface area contributed by atoms with E-state index in [1.807, 2.05) is 12.3 Å². The fourth-order valence-corrected chi connectivity index (χ4v) is 2.76. The third-order valence-electron chi connectivity index (χ3n) is 3.37. The second kappa shape index (κ2) is 8.17. The molecule has 0 spiro atoms. The Kier molecular flexibility index (Phi) is 5.50. The maximum Gasteiger partial charge on any atom is 0.255 e. The molecule has 2 aromatic heterocycles. The van der Waals surface area contributed by atoms with E-state index >= 15 is 0 Å². The van der Waals surface area contributed by atoms with Gasteiger partial charge in [-0.2, -0.15) is 0 Å². The highest BCUT2D eigenvalue weighted by molar-refractivity contribution is 7.09. The fraction of sp³-hybridized carbons (Fsp3) is 0.0526. The predicted molar refractivity (Wildman–Crippen MR) is 103 cm³/mol. The lowest BCUT2D eigenvalue weighted by molar-refractivity contribution is -0.111. The molecule has 0 unspecified atom stereocenters. The number of carbonyl (C=O) groups is 2. The predicted octanol–water partition coefficient (Wildman–Crippen LogP) is 3.75. The van der Waals surface area contributed by atoms with Crippen LogP contribution >= 0.6 is 11.3 Å². The van der Waals surface area contributed by atoms with Crippen LogP contribution in [-0.2, 0) is 4.79 Å². The van der Waals surface area contributed by atoms with Crippen LogP contribution in [0.3, 0.4) is 0 Å². The lowest BCUT2D eigenvalue weighted by Crippen LogP contribution is -2.13. The molecule has 2 amide bonds. The van der Waals surface area contributed by atoms with Crippen molar-refractivity contribution in [3.05, 3.63) is 76.5 Å². The first kappa shape index (κ1) is 17.5. The first-order chi connectivity index (χ1) is 12.6. The van der Waals surface area contributed by atoms with Gasteiger partial charge in [0, 0.05) is 40.8 Å². The number of hydrogen-bond donors (Lipinski definition) is 2. The normalized spacial score (nSPS) is 10.7. The van der Waals surface area contributed by atoms with Crippen LogP contribution < -0.4 is 10.6 Å². The molecule has 0 aliphatic carbocycles. The van der Waals surface area contributed by atoms with E-state index in [0.29, 0.717) is 16.9 Å². The van der Waals surface area contributed by atoms with Gasteiger partial charge in [0.15, 0.2) is 0 Å². The molecule has 0 bridgehead atoms. The van der Waals surface area contributed by atoms with Gasteiger partial charge in [-0.3, -0.25) is 14.6 Å². The number of anilines is 2. The smallest absolute Gasteiger partial charge is 0.255 e. The molecule has 0 radical (unpaired) electrons. The number of aryl methyl sites for hydroxylation is 1. The van der Waals surface area contributed by atoms with E-state index in [0.717, 1.165) is 10.7 Å². The molecule has 2 N–H and O–H groups in total. The molecule has 0 aliphatic heterocycles. The van der Waals surface area contributed by atoms with Gasteiger partial charge in [-0.05, 0) is 43.3 Å². The Bertz CT molecular complexity index is 951. The van der Waals surface area contributed by atoms with E-state index in [1.54, 1.807) is 54.9 Å². The summed E-state index contributed by atoms with van der Waals surface area (Å²) in [4.78, 5) is 32.5. The number of benzene rings is 1. The summed E-state index contributed by atoms with van der Waals surface area (Å²) in [6, 6.07) is 10.1. The molecule has 26 heavy (non-hydrogen) atoms. The highest BCUT2D eigenvalue weighted by Crippen LogP contribution is 2.14. The molecule has 0 atom stereocenters. The van der Waals surface area contributed by atoms with E-state index in [4.69, 9.17) is 0 Å². The molecule has 3 rings (SSSR count). The monoisotopic (exact) mass is 364 g/mol. The highest BCUT2D eigenvalue weighted by Gasteiger charge is 2.07. The average molecular weight is 364 g/mol. The molecular formula is C19H16N4O2S. The van der Waals surface area contributed by atoms with Crippen molar-refractivity contribution in [1.82, 2.24) is 9.97 Å². The largest absolute Gasteiger partial charge is 0.322 e. The lowest BCUT2D eigenvalue weighted by atomic mass is 10.2. The fourth-order valence-electron chi connectivity index (χ4n) is 2.18. The van der Waals surface area contributed by atoms with Crippen molar-refractivity contribution in [2.45, 2.75) is 6.92 Å². The van der Waals surface area contributed by atoms with Gasteiger partial charge in [0.1, 0.15) is 0 Å². The number of thiazole rings is 1. The second-order valence-electron chi connectivity index (χ2n) is 5.38. The number of pyridine rings is 1. The van der Waals surface area contributed by atoms with Gasteiger partial charge in [0.05, 0.1) is 10.7 Å². The van der Waals surface area contributed by atoms with Crippen molar-refractivity contribution in [2.75, 3.05) is 10.6 Å². The molecule has 1 aromatic carbocycles. The number of nitrogens with one attached hydrogen (secondary N) is 2. The highest BCUT2D eigenvalue weighted by atomic mass is 32.1. The SMILES string of the molecule is Cc1nc(/C=C/C(=O)Nc2cccc(C(=O)Nc3ccncc3)c2)cs1. The van der Waals surface area contributed by atoms with Crippen molar-refractivity contribution in [3.8, 4) is 0 Å². The summed E-state index contributed by atoms with van der Waals surface area (Å²) in [6.45, 7) is 1.91. The lowest BCUT2D eigenvalue weighted by Gasteiger charge is -2.07. The van der Waals surface area contributed by atoms with Gasteiger partial charge in [-0.1, -0.05) is 6.07 Å². The van der Waals surface area contributed by atoms with Gasteiger partial charge >= 0.3 is 0 Å². The van der Waals surface area contributed by atoms with Gasteiger partial charge in [-0.15, -0.1) is 11.3 Å². The van der Waals surface area contributed by atoms with Crippen LogP contribution in [0.25, 0.3) is 6.08 Å². The minimum Gasteiger partial charge on any atom is -0.322 e. The van der Waals surface area contributed by atoms with Gasteiger partial charge < -0.3 is 10.6 Å². The topological polar surface area (TPSA) is 84.0 Å². The number of rotatable bonds is 5. The molecule has 0 saturated heterocycles. The third-order valence-corrected chi connectivity index (χ3v) is 4.16. The van der Waals surface area contributed by atoms with Gasteiger partial charge in [-0.25, -0.2) is 4.98 Å². The molecule has 0 saturated carbocycles. The van der Waals surface area contributed by atoms with Crippen molar-refractivity contribution in [1.29, 1.82) is 0 Å². The van der Waals surface area contributed by atoms with Gasteiger partial charge in [0.2, 0.25) is 5.91 Å². The summed E-state index contributed by atoms with van der Waals surface area (Å²) in [5.41, 5.74) is 2.38. The Hall–Kier alpha value is -3.32. The quantitative estimate of drug-likeness (QED) is 0.675. The first-order valence-electron chi connectivity index (χ1n) is 7.83. The van der Waals surface area contributed by atoms with Gasteiger partial charge in [0.25, 0.3) is 5.91 Å². The Morgan fingerprint density at radius 2 is 1.88 bits per heavy atom. The summed E-state index contributed by atoms with van der Waals surface area (Å²) in [6.07, 6.45) is 6.27. The van der Waals surface area contributed by atoms with Crippen LogP contribution in [0.1, 0.15) is 21.1 Å². The molecular weight excluding hydrogens is 348 g/mol. The van der Waals surface area contributed by atoms with Crippen molar-refractivity contribution < 1.29 is 9.59 Å². The first-order valence-corrected chi connectivity index (χ1v) is 8.71. The van der Waals surface area contributed by atoms with Crippen molar-refractivity contribution >= 4 is 40.6 Å². The van der Waals surface area contributed by atoms with Crippen LogP contribution in [0.15, 0.2) is 60.2 Å². The number of carbonyl (C=O) groups excluding carboxylic acids is 2. The van der Waals surface area contributed by atoms with E-state index in [-0.39, 0.29) is 11.8 Å². The summed E-state index contributed by atoms with van der Waals surface area (Å²) < 4.78 is 0. The number of aromatic nitrogens is 2. The second-order valence-corrected chi connectivity index (χ2v) is 6.45. The maximum absolute atomic E-state index is 12.3. The number of amides is 2. The van der Waals surface area contributed by atoms with Crippen LogP contribution in [0.2, 0.25) is 0 Å². The standard InChI is InChI=1S/C19H16N4O2S/c1-13-21-17(12-26-13)5-6-18(24)22-16-4-2-3-14(11-16)19(25)23-15-7-9-20-10-8-15/h2-12H,1H3,(H,22,24)(H,20,23,25)/b6-5+. The van der Waals surface area contributed by atoms with E-state index < -0.39 is 0 Å². The molecule has 0 aliphatic rings. The minimum atomic E-state index is -0.289. The molecule has 3 aromatic rings.